The molecule has 0 amide bonds. The second-order valence-electron chi connectivity index (χ2n) is 8.56. The Morgan fingerprint density at radius 3 is 2.26 bits per heavy atom. The molecule has 0 aliphatic carbocycles. The van der Waals surface area contributed by atoms with Gasteiger partial charge in [0.2, 0.25) is 15.8 Å². The highest BCUT2D eigenvalue weighted by Crippen LogP contribution is 2.23. The average molecular weight is 503 g/mol. The maximum Gasteiger partial charge on any atom is 0.406 e. The zero-order valence-corrected chi connectivity index (χ0v) is 19.3. The number of nitrogens with zero attached hydrogens (tertiary/aromatic N) is 6. The van der Waals surface area contributed by atoms with Crippen molar-refractivity contribution >= 4 is 10.0 Å². The van der Waals surface area contributed by atoms with E-state index in [2.05, 4.69) is 15.0 Å². The number of halogens is 3. The normalized spacial score (nSPS) is 18.2. The predicted molar refractivity (Wildman–Crippen MR) is 114 cm³/mol. The lowest BCUT2D eigenvalue weighted by molar-refractivity contribution is -0.142. The van der Waals surface area contributed by atoms with E-state index in [1.807, 2.05) is 4.90 Å². The lowest BCUT2D eigenvalue weighted by Crippen LogP contribution is -2.39. The predicted octanol–water partition coefficient (Wildman–Crippen LogP) is 1.16. The average Bonchev–Trinajstić information content (AvgIpc) is 3.17. The van der Waals surface area contributed by atoms with Crippen molar-refractivity contribution in [3.63, 3.8) is 0 Å². The van der Waals surface area contributed by atoms with Crippen molar-refractivity contribution in [3.8, 4) is 5.75 Å². The van der Waals surface area contributed by atoms with Crippen LogP contribution in [0.1, 0.15) is 30.1 Å². The molecule has 34 heavy (non-hydrogen) atoms. The van der Waals surface area contributed by atoms with Gasteiger partial charge in [-0.15, -0.1) is 0 Å². The van der Waals surface area contributed by atoms with Crippen LogP contribution >= 0.6 is 0 Å². The quantitative estimate of drug-likeness (QED) is 0.555. The first kappa shape index (κ1) is 24.5. The maximum absolute atomic E-state index is 13.3. The fourth-order valence-corrected chi connectivity index (χ4v) is 5.02. The van der Waals surface area contributed by atoms with Crippen LogP contribution in [0, 0.1) is 5.92 Å². The fourth-order valence-electron chi connectivity index (χ4n) is 4.14. The van der Waals surface area contributed by atoms with Crippen LogP contribution in [0.15, 0.2) is 23.4 Å². The molecule has 0 spiro atoms. The van der Waals surface area contributed by atoms with Crippen LogP contribution in [0.5, 0.6) is 5.75 Å². The van der Waals surface area contributed by atoms with Crippen LogP contribution in [-0.4, -0.2) is 69.3 Å². The zero-order chi connectivity index (χ0) is 24.5. The third-order valence-electron chi connectivity index (χ3n) is 5.93. The van der Waals surface area contributed by atoms with Gasteiger partial charge in [0, 0.05) is 38.6 Å². The smallest absolute Gasteiger partial charge is 0.406 e. The summed E-state index contributed by atoms with van der Waals surface area (Å²) in [6.45, 7) is 0.112. The zero-order valence-electron chi connectivity index (χ0n) is 18.5. The molecule has 0 unspecified atom stereocenters. The van der Waals surface area contributed by atoms with Crippen molar-refractivity contribution in [2.24, 2.45) is 5.92 Å². The maximum atomic E-state index is 13.3. The van der Waals surface area contributed by atoms with E-state index in [-0.39, 0.29) is 30.6 Å². The van der Waals surface area contributed by atoms with Crippen molar-refractivity contribution in [2.75, 3.05) is 26.0 Å². The van der Waals surface area contributed by atoms with E-state index in [1.54, 1.807) is 12.4 Å². The summed E-state index contributed by atoms with van der Waals surface area (Å²) in [6.07, 6.45) is 1.87. The number of aromatic nitrogens is 4. The molecule has 2 aromatic heterocycles. The molecule has 0 saturated carbocycles. The Morgan fingerprint density at radius 2 is 1.71 bits per heavy atom. The van der Waals surface area contributed by atoms with E-state index in [1.165, 1.54) is 4.31 Å². The molecular weight excluding hydrogens is 477 g/mol. The largest absolute Gasteiger partial charge is 0.486 e. The summed E-state index contributed by atoms with van der Waals surface area (Å²) in [5.41, 5.74) is 0.590. The van der Waals surface area contributed by atoms with Gasteiger partial charge >= 0.3 is 6.18 Å². The summed E-state index contributed by atoms with van der Waals surface area (Å²) >= 11 is 0. The summed E-state index contributed by atoms with van der Waals surface area (Å²) in [6, 6.07) is 0. The number of piperidine rings is 1. The standard InChI is InChI=1S/C20H25F3N6O4S/c1-34(31,32)28-6-2-14(3-7-28)12-33-17-8-26-18(29(19(17)30)13-20(21,22)23)11-27-9-15-16(10-27)25-5-4-24-15/h4-5,8,14H,2-3,6-7,9-13H2,1H3. The highest BCUT2D eigenvalue weighted by atomic mass is 32.2. The number of fused-ring (bicyclic) bond motifs is 1. The lowest BCUT2D eigenvalue weighted by atomic mass is 9.99. The van der Waals surface area contributed by atoms with Gasteiger partial charge in [0.1, 0.15) is 12.4 Å². The first-order chi connectivity index (χ1) is 16.0. The highest BCUT2D eigenvalue weighted by molar-refractivity contribution is 7.88. The van der Waals surface area contributed by atoms with Crippen LogP contribution in [0.2, 0.25) is 0 Å². The van der Waals surface area contributed by atoms with E-state index in [4.69, 9.17) is 4.74 Å². The Balaban J connectivity index is 1.46. The van der Waals surface area contributed by atoms with Crippen LogP contribution in [0.25, 0.3) is 0 Å². The number of hydrogen-bond acceptors (Lipinski definition) is 8. The van der Waals surface area contributed by atoms with Crippen molar-refractivity contribution in [2.45, 2.75) is 45.2 Å². The van der Waals surface area contributed by atoms with Gasteiger partial charge in [-0.2, -0.15) is 13.2 Å². The van der Waals surface area contributed by atoms with E-state index in [9.17, 15) is 26.4 Å². The monoisotopic (exact) mass is 502 g/mol. The van der Waals surface area contributed by atoms with Gasteiger partial charge in [0.15, 0.2) is 0 Å². The van der Waals surface area contributed by atoms with E-state index >= 15 is 0 Å². The van der Waals surface area contributed by atoms with Crippen molar-refractivity contribution in [3.05, 3.63) is 46.2 Å². The third kappa shape index (κ3) is 5.91. The topological polar surface area (TPSA) is 111 Å². The Morgan fingerprint density at radius 1 is 1.09 bits per heavy atom. The number of rotatable bonds is 7. The lowest BCUT2D eigenvalue weighted by Gasteiger charge is -2.30. The van der Waals surface area contributed by atoms with E-state index in [0.717, 1.165) is 23.8 Å². The molecule has 0 aromatic carbocycles. The van der Waals surface area contributed by atoms with Crippen molar-refractivity contribution < 1.29 is 26.3 Å². The van der Waals surface area contributed by atoms with E-state index in [0.29, 0.717) is 43.6 Å². The summed E-state index contributed by atoms with van der Waals surface area (Å²) in [5.74, 6) is -0.299. The van der Waals surface area contributed by atoms with Crippen molar-refractivity contribution in [1.82, 2.24) is 28.7 Å². The minimum Gasteiger partial charge on any atom is -0.486 e. The fraction of sp³-hybridized carbons (Fsp3) is 0.600. The van der Waals surface area contributed by atoms with Crippen LogP contribution in [0.3, 0.4) is 0 Å². The minimum atomic E-state index is -4.62. The highest BCUT2D eigenvalue weighted by Gasteiger charge is 2.32. The molecule has 0 N–H and O–H groups in total. The van der Waals surface area contributed by atoms with Gasteiger partial charge in [-0.05, 0) is 18.8 Å². The molecule has 4 rings (SSSR count). The molecule has 0 bridgehead atoms. The molecule has 2 aliphatic heterocycles. The third-order valence-corrected chi connectivity index (χ3v) is 7.23. The second-order valence-corrected chi connectivity index (χ2v) is 10.5. The summed E-state index contributed by atoms with van der Waals surface area (Å²) in [7, 11) is -3.27. The second kappa shape index (κ2) is 9.58. The molecular formula is C20H25F3N6O4S. The number of alkyl halides is 3. The summed E-state index contributed by atoms with van der Waals surface area (Å²) in [5, 5.41) is 0. The molecule has 2 aliphatic rings. The first-order valence-electron chi connectivity index (χ1n) is 10.7. The summed E-state index contributed by atoms with van der Waals surface area (Å²) in [4.78, 5) is 27.3. The van der Waals surface area contributed by atoms with Gasteiger partial charge < -0.3 is 4.74 Å². The minimum absolute atomic E-state index is 0.0174. The molecule has 4 heterocycles. The number of hydrogen-bond donors (Lipinski definition) is 0. The Labute approximate surface area is 194 Å². The van der Waals surface area contributed by atoms with E-state index < -0.39 is 28.3 Å². The Hall–Kier alpha value is -2.58. The molecule has 1 saturated heterocycles. The number of sulfonamides is 1. The molecule has 0 radical (unpaired) electrons. The molecule has 0 atom stereocenters. The molecule has 186 valence electrons. The SMILES string of the molecule is CS(=O)(=O)N1CCC(COc2cnc(CN3Cc4nccnc4C3)n(CC(F)(F)F)c2=O)CC1. The van der Waals surface area contributed by atoms with Crippen LogP contribution in [-0.2, 0) is 36.2 Å². The molecule has 1 fully saturated rings. The first-order valence-corrected chi connectivity index (χ1v) is 12.6. The molecule has 2 aromatic rings. The summed E-state index contributed by atoms with van der Waals surface area (Å²) < 4.78 is 70.6. The molecule has 10 nitrogen and oxygen atoms in total. The molecule has 14 heteroatoms. The number of ether oxygens (including phenoxy) is 1. The van der Waals surface area contributed by atoms with Crippen molar-refractivity contribution in [1.29, 1.82) is 0 Å². The van der Waals surface area contributed by atoms with Gasteiger partial charge in [0.05, 0.1) is 37.0 Å². The van der Waals surface area contributed by atoms with Gasteiger partial charge in [0.25, 0.3) is 5.56 Å². The van der Waals surface area contributed by atoms with Crippen LogP contribution < -0.4 is 10.3 Å². The Kier molecular flexibility index (Phi) is 6.92. The van der Waals surface area contributed by atoms with Crippen LogP contribution in [0.4, 0.5) is 13.2 Å². The van der Waals surface area contributed by atoms with Gasteiger partial charge in [-0.1, -0.05) is 0 Å². The Bertz CT molecular complexity index is 1170. The van der Waals surface area contributed by atoms with Gasteiger partial charge in [-0.25, -0.2) is 17.7 Å². The van der Waals surface area contributed by atoms with Gasteiger partial charge in [-0.3, -0.25) is 24.2 Å².